The van der Waals surface area contributed by atoms with Crippen molar-refractivity contribution in [2.45, 2.75) is 31.1 Å². The topological polar surface area (TPSA) is 64.6 Å². The molecule has 0 aliphatic rings. The van der Waals surface area contributed by atoms with Crippen molar-refractivity contribution in [3.8, 4) is 0 Å². The first-order valence-electron chi connectivity index (χ1n) is 5.55. The summed E-state index contributed by atoms with van der Waals surface area (Å²) in [6.07, 6.45) is -0.620. The number of hydrogen-bond acceptors (Lipinski definition) is 4. The van der Waals surface area contributed by atoms with Gasteiger partial charge in [-0.15, -0.1) is 0 Å². The van der Waals surface area contributed by atoms with E-state index in [9.17, 15) is 8.42 Å². The third kappa shape index (κ3) is 3.78. The molecule has 1 aromatic carbocycles. The Bertz CT molecular complexity index is 465. The average molecular weight is 273 g/mol. The van der Waals surface area contributed by atoms with Crippen molar-refractivity contribution in [2.24, 2.45) is 0 Å². The summed E-state index contributed by atoms with van der Waals surface area (Å²) in [6, 6.07) is 6.16. The van der Waals surface area contributed by atoms with Crippen molar-refractivity contribution < 1.29 is 17.9 Å². The fraction of sp³-hybridized carbons (Fsp3) is 0.500. The number of ether oxygens (including phenoxy) is 2. The maximum atomic E-state index is 12.1. The van der Waals surface area contributed by atoms with Crippen LogP contribution in [0.2, 0.25) is 0 Å². The van der Waals surface area contributed by atoms with Crippen LogP contribution in [0.3, 0.4) is 0 Å². The summed E-state index contributed by atoms with van der Waals surface area (Å²) in [7, 11) is -0.625. The molecule has 0 saturated heterocycles. The quantitative estimate of drug-likeness (QED) is 0.793. The summed E-state index contributed by atoms with van der Waals surface area (Å²) in [5.74, 6) is 0. The molecule has 6 heteroatoms. The van der Waals surface area contributed by atoms with Crippen LogP contribution in [-0.4, -0.2) is 35.0 Å². The molecule has 1 unspecified atom stereocenters. The number of nitrogens with one attached hydrogen (secondary N) is 1. The Balaban J connectivity index is 2.85. The summed E-state index contributed by atoms with van der Waals surface area (Å²) < 4.78 is 36.7. The van der Waals surface area contributed by atoms with E-state index in [2.05, 4.69) is 4.72 Å². The zero-order valence-corrected chi connectivity index (χ0v) is 11.8. The van der Waals surface area contributed by atoms with Gasteiger partial charge < -0.3 is 9.47 Å². The highest BCUT2D eigenvalue weighted by Crippen LogP contribution is 2.11. The van der Waals surface area contributed by atoms with E-state index in [4.69, 9.17) is 9.47 Å². The molecular weight excluding hydrogens is 254 g/mol. The van der Waals surface area contributed by atoms with Gasteiger partial charge in [0, 0.05) is 14.2 Å². The van der Waals surface area contributed by atoms with Crippen molar-refractivity contribution >= 4 is 10.0 Å². The zero-order valence-electron chi connectivity index (χ0n) is 11.0. The van der Waals surface area contributed by atoms with Gasteiger partial charge in [0.15, 0.2) is 6.29 Å². The van der Waals surface area contributed by atoms with E-state index in [0.29, 0.717) is 0 Å². The van der Waals surface area contributed by atoms with Gasteiger partial charge in [0.1, 0.15) is 0 Å². The lowest BCUT2D eigenvalue weighted by molar-refractivity contribution is -0.115. The molecule has 0 aromatic heterocycles. The number of hydrogen-bond donors (Lipinski definition) is 1. The van der Waals surface area contributed by atoms with Crippen molar-refractivity contribution in [3.05, 3.63) is 29.8 Å². The first-order chi connectivity index (χ1) is 8.40. The number of benzene rings is 1. The van der Waals surface area contributed by atoms with Gasteiger partial charge in [-0.25, -0.2) is 13.1 Å². The lowest BCUT2D eigenvalue weighted by Crippen LogP contribution is -2.42. The number of sulfonamides is 1. The Labute approximate surface area is 108 Å². The van der Waals surface area contributed by atoms with Crippen LogP contribution < -0.4 is 4.72 Å². The van der Waals surface area contributed by atoms with Crippen molar-refractivity contribution in [2.75, 3.05) is 14.2 Å². The van der Waals surface area contributed by atoms with Gasteiger partial charge in [-0.1, -0.05) is 17.7 Å². The molecule has 1 atom stereocenters. The predicted octanol–water partition coefficient (Wildman–Crippen LogP) is 1.28. The van der Waals surface area contributed by atoms with Gasteiger partial charge in [0.2, 0.25) is 10.0 Å². The first-order valence-corrected chi connectivity index (χ1v) is 7.03. The normalized spacial score (nSPS) is 13.8. The van der Waals surface area contributed by atoms with Crippen LogP contribution in [0.5, 0.6) is 0 Å². The molecular formula is C12H19NO4S. The Morgan fingerprint density at radius 3 is 2.06 bits per heavy atom. The average Bonchev–Trinajstić information content (AvgIpc) is 2.30. The smallest absolute Gasteiger partial charge is 0.240 e. The van der Waals surface area contributed by atoms with E-state index in [1.54, 1.807) is 31.2 Å². The minimum absolute atomic E-state index is 0.228. The highest BCUT2D eigenvalue weighted by atomic mass is 32.2. The SMILES string of the molecule is COC(OC)C(C)NS(=O)(=O)c1ccc(C)cc1. The number of methoxy groups -OCH3 is 2. The minimum Gasteiger partial charge on any atom is -0.354 e. The summed E-state index contributed by atoms with van der Waals surface area (Å²) >= 11 is 0. The lowest BCUT2D eigenvalue weighted by Gasteiger charge is -2.22. The van der Waals surface area contributed by atoms with Gasteiger partial charge in [0.05, 0.1) is 10.9 Å². The van der Waals surface area contributed by atoms with Crippen molar-refractivity contribution in [1.29, 1.82) is 0 Å². The number of rotatable bonds is 6. The first kappa shape index (κ1) is 15.1. The largest absolute Gasteiger partial charge is 0.354 e. The zero-order chi connectivity index (χ0) is 13.8. The number of aryl methyl sites for hydroxylation is 1. The van der Waals surface area contributed by atoms with Crippen LogP contribution in [0.4, 0.5) is 0 Å². The Hall–Kier alpha value is -0.950. The van der Waals surface area contributed by atoms with Gasteiger partial charge in [-0.3, -0.25) is 0 Å². The highest BCUT2D eigenvalue weighted by molar-refractivity contribution is 7.89. The van der Waals surface area contributed by atoms with E-state index in [0.717, 1.165) is 5.56 Å². The standard InChI is InChI=1S/C12H19NO4S/c1-9-5-7-11(8-6-9)18(14,15)13-10(2)12(16-3)17-4/h5-8,10,12-13H,1-4H3. The van der Waals surface area contributed by atoms with Crippen molar-refractivity contribution in [1.82, 2.24) is 4.72 Å². The second kappa shape index (κ2) is 6.29. The minimum atomic E-state index is -3.55. The third-order valence-corrected chi connectivity index (χ3v) is 4.12. The summed E-state index contributed by atoms with van der Waals surface area (Å²) in [4.78, 5) is 0.228. The molecule has 0 bridgehead atoms. The second-order valence-corrected chi connectivity index (χ2v) is 5.78. The molecule has 1 N–H and O–H groups in total. The van der Waals surface area contributed by atoms with Gasteiger partial charge >= 0.3 is 0 Å². The van der Waals surface area contributed by atoms with Gasteiger partial charge in [-0.05, 0) is 26.0 Å². The molecule has 0 aliphatic carbocycles. The van der Waals surface area contributed by atoms with Crippen molar-refractivity contribution in [3.63, 3.8) is 0 Å². The highest BCUT2D eigenvalue weighted by Gasteiger charge is 2.23. The molecule has 0 heterocycles. The van der Waals surface area contributed by atoms with Crippen LogP contribution in [0.15, 0.2) is 29.2 Å². The Morgan fingerprint density at radius 2 is 1.61 bits per heavy atom. The van der Waals surface area contributed by atoms with Crippen LogP contribution in [0.1, 0.15) is 12.5 Å². The summed E-state index contributed by atoms with van der Waals surface area (Å²) in [6.45, 7) is 3.59. The Kier molecular flexibility index (Phi) is 5.28. The van der Waals surface area contributed by atoms with E-state index in [-0.39, 0.29) is 4.90 Å². The van der Waals surface area contributed by atoms with Gasteiger partial charge in [0.25, 0.3) is 0 Å². The van der Waals surface area contributed by atoms with Crippen LogP contribution in [0.25, 0.3) is 0 Å². The second-order valence-electron chi connectivity index (χ2n) is 4.06. The summed E-state index contributed by atoms with van der Waals surface area (Å²) in [5.41, 5.74) is 1.01. The summed E-state index contributed by atoms with van der Waals surface area (Å²) in [5, 5.41) is 0. The van der Waals surface area contributed by atoms with E-state index in [1.807, 2.05) is 6.92 Å². The van der Waals surface area contributed by atoms with E-state index >= 15 is 0 Å². The molecule has 0 spiro atoms. The van der Waals surface area contributed by atoms with E-state index in [1.165, 1.54) is 14.2 Å². The van der Waals surface area contributed by atoms with Gasteiger partial charge in [-0.2, -0.15) is 0 Å². The fourth-order valence-electron chi connectivity index (χ4n) is 1.59. The molecule has 0 fully saturated rings. The molecule has 18 heavy (non-hydrogen) atoms. The molecule has 0 saturated carbocycles. The fourth-order valence-corrected chi connectivity index (χ4v) is 2.82. The third-order valence-electron chi connectivity index (χ3n) is 2.55. The molecule has 1 rings (SSSR count). The molecule has 0 amide bonds. The molecule has 5 nitrogen and oxygen atoms in total. The van der Waals surface area contributed by atoms with Crippen LogP contribution in [0, 0.1) is 6.92 Å². The molecule has 0 radical (unpaired) electrons. The monoisotopic (exact) mass is 273 g/mol. The Morgan fingerprint density at radius 1 is 1.11 bits per heavy atom. The van der Waals surface area contributed by atoms with Crippen LogP contribution in [-0.2, 0) is 19.5 Å². The van der Waals surface area contributed by atoms with E-state index < -0.39 is 22.4 Å². The predicted molar refractivity (Wildman–Crippen MR) is 68.8 cm³/mol. The van der Waals surface area contributed by atoms with Crippen LogP contribution >= 0.6 is 0 Å². The molecule has 102 valence electrons. The lowest BCUT2D eigenvalue weighted by atomic mass is 10.2. The molecule has 1 aromatic rings. The molecule has 0 aliphatic heterocycles. The maximum Gasteiger partial charge on any atom is 0.240 e. The maximum absolute atomic E-state index is 12.1.